The minimum atomic E-state index is -1.34. The van der Waals surface area contributed by atoms with Crippen LogP contribution in [0.5, 0.6) is 0 Å². The highest BCUT2D eigenvalue weighted by Gasteiger charge is 2.20. The van der Waals surface area contributed by atoms with Gasteiger partial charge in [-0.25, -0.2) is 9.07 Å². The monoisotopic (exact) mass is 571 g/mol. The molecule has 218 valence electrons. The summed E-state index contributed by atoms with van der Waals surface area (Å²) in [5.74, 6) is -1.53. The zero-order valence-electron chi connectivity index (χ0n) is 24.5. The lowest BCUT2D eigenvalue weighted by atomic mass is 9.87. The van der Waals surface area contributed by atoms with Gasteiger partial charge in [-0.05, 0) is 53.4 Å². The molecular weight excluding hydrogens is 537 g/mol. The lowest BCUT2D eigenvalue weighted by Crippen LogP contribution is -2.28. The number of aliphatic hydroxyl groups excluding tert-OH is 1. The third-order valence-electron chi connectivity index (χ3n) is 6.87. The first-order chi connectivity index (χ1) is 19.7. The number of rotatable bonds is 7. The van der Waals surface area contributed by atoms with Crippen molar-refractivity contribution in [3.05, 3.63) is 111 Å². The molecule has 0 saturated heterocycles. The summed E-state index contributed by atoms with van der Waals surface area (Å²) in [5, 5.41) is 17.2. The number of pyridine rings is 1. The van der Waals surface area contributed by atoms with Gasteiger partial charge in [-0.15, -0.1) is 0 Å². The predicted octanol–water partition coefficient (Wildman–Crippen LogP) is 4.24. The number of aryl methyl sites for hydroxylation is 1. The minimum Gasteiger partial charge on any atom is -0.378 e. The maximum absolute atomic E-state index is 14.7. The van der Waals surface area contributed by atoms with Crippen molar-refractivity contribution in [2.45, 2.75) is 38.7 Å². The Morgan fingerprint density at radius 3 is 2.33 bits per heavy atom. The largest absolute Gasteiger partial charge is 0.378 e. The van der Waals surface area contributed by atoms with E-state index in [-0.39, 0.29) is 23.1 Å². The molecule has 10 heteroatoms. The van der Waals surface area contributed by atoms with E-state index in [1.54, 1.807) is 44.4 Å². The molecule has 2 aromatic heterocycles. The molecule has 0 saturated carbocycles. The van der Waals surface area contributed by atoms with Gasteiger partial charge in [-0.2, -0.15) is 5.10 Å². The lowest BCUT2D eigenvalue weighted by molar-refractivity contribution is -0.137. The SMILES string of the molecule is CN(C)C(=O)[C@H](O)c1ccc(Cc2cc(-c3ccc(F)c(NC(=O)c4ccc(C(C)(C)C)cc4)c3)nn(C)c2=O)nc1. The van der Waals surface area contributed by atoms with Crippen LogP contribution in [-0.2, 0) is 23.7 Å². The number of hydrogen-bond donors (Lipinski definition) is 2. The number of nitrogens with zero attached hydrogens (tertiary/aromatic N) is 4. The number of benzene rings is 2. The quantitative estimate of drug-likeness (QED) is 0.343. The summed E-state index contributed by atoms with van der Waals surface area (Å²) in [4.78, 5) is 43.4. The van der Waals surface area contributed by atoms with Crippen LogP contribution in [0.4, 0.5) is 10.1 Å². The number of carbonyl (C=O) groups excluding carboxylic acids is 2. The molecule has 0 bridgehead atoms. The van der Waals surface area contributed by atoms with Crippen molar-refractivity contribution in [1.82, 2.24) is 19.7 Å². The molecule has 4 rings (SSSR count). The van der Waals surface area contributed by atoms with Gasteiger partial charge in [0.1, 0.15) is 5.82 Å². The summed E-state index contributed by atoms with van der Waals surface area (Å²) in [7, 11) is 4.62. The summed E-state index contributed by atoms with van der Waals surface area (Å²) in [6.45, 7) is 6.24. The van der Waals surface area contributed by atoms with Crippen molar-refractivity contribution < 1.29 is 19.1 Å². The molecule has 0 fully saturated rings. The van der Waals surface area contributed by atoms with Crippen molar-refractivity contribution in [1.29, 1.82) is 0 Å². The Labute approximate surface area is 243 Å². The number of nitrogens with one attached hydrogen (secondary N) is 1. The third-order valence-corrected chi connectivity index (χ3v) is 6.87. The highest BCUT2D eigenvalue weighted by molar-refractivity contribution is 6.04. The van der Waals surface area contributed by atoms with Crippen molar-refractivity contribution in [2.75, 3.05) is 19.4 Å². The highest BCUT2D eigenvalue weighted by atomic mass is 19.1. The van der Waals surface area contributed by atoms with Crippen LogP contribution in [0, 0.1) is 5.82 Å². The van der Waals surface area contributed by atoms with Crippen LogP contribution in [0.25, 0.3) is 11.3 Å². The molecule has 42 heavy (non-hydrogen) atoms. The van der Waals surface area contributed by atoms with Crippen LogP contribution in [0.1, 0.15) is 59.6 Å². The first kappa shape index (κ1) is 30.3. The number of anilines is 1. The van der Waals surface area contributed by atoms with E-state index in [4.69, 9.17) is 0 Å². The maximum atomic E-state index is 14.7. The zero-order chi connectivity index (χ0) is 30.8. The summed E-state index contributed by atoms with van der Waals surface area (Å²) in [5.41, 5.74) is 3.24. The Bertz CT molecular complexity index is 1670. The normalized spacial score (nSPS) is 12.1. The number of aromatic nitrogens is 3. The molecule has 0 unspecified atom stereocenters. The van der Waals surface area contributed by atoms with E-state index >= 15 is 0 Å². The molecular formula is C32H34FN5O4. The van der Waals surface area contributed by atoms with E-state index in [0.717, 1.165) is 5.56 Å². The van der Waals surface area contributed by atoms with Crippen LogP contribution in [0.3, 0.4) is 0 Å². The Hall–Kier alpha value is -4.70. The second-order valence-corrected chi connectivity index (χ2v) is 11.4. The molecule has 0 aliphatic carbocycles. The number of likely N-dealkylation sites (N-methyl/N-ethyl adjacent to an activating group) is 1. The summed E-state index contributed by atoms with van der Waals surface area (Å²) >= 11 is 0. The van der Waals surface area contributed by atoms with Crippen LogP contribution >= 0.6 is 0 Å². The van der Waals surface area contributed by atoms with E-state index in [2.05, 4.69) is 36.2 Å². The standard InChI is InChI=1S/C32H34FN5O4/c1-32(2,3)23-11-7-19(8-12-23)29(40)35-27-16-20(10-14-25(27)33)26-17-22(30(41)38(6)36-26)15-24-13-9-21(18-34-24)28(39)31(42)37(4)5/h7-14,16-18,28,39H,15H2,1-6H3,(H,35,40)/t28-/m1/s1. The van der Waals surface area contributed by atoms with Crippen molar-refractivity contribution in [2.24, 2.45) is 7.05 Å². The molecule has 1 atom stereocenters. The molecule has 0 aliphatic rings. The molecule has 2 N–H and O–H groups in total. The number of amides is 2. The van der Waals surface area contributed by atoms with Gasteiger partial charge < -0.3 is 15.3 Å². The summed E-state index contributed by atoms with van der Waals surface area (Å²) in [6.07, 6.45) is 0.229. The fourth-order valence-electron chi connectivity index (χ4n) is 4.32. The van der Waals surface area contributed by atoms with Crippen molar-refractivity contribution in [3.8, 4) is 11.3 Å². The molecule has 2 heterocycles. The second kappa shape index (κ2) is 12.0. The number of halogens is 1. The molecule has 9 nitrogen and oxygen atoms in total. The molecule has 2 aromatic carbocycles. The zero-order valence-corrected chi connectivity index (χ0v) is 24.5. The van der Waals surface area contributed by atoms with Gasteiger partial charge in [0.2, 0.25) is 0 Å². The first-order valence-electron chi connectivity index (χ1n) is 13.4. The molecule has 0 radical (unpaired) electrons. The molecule has 2 amide bonds. The van der Waals surface area contributed by atoms with Gasteiger partial charge in [-0.1, -0.05) is 39.0 Å². The Balaban J connectivity index is 1.57. The van der Waals surface area contributed by atoms with Gasteiger partial charge in [0.05, 0.1) is 11.4 Å². The molecule has 0 spiro atoms. The topological polar surface area (TPSA) is 117 Å². The number of carbonyl (C=O) groups is 2. The smallest absolute Gasteiger partial charge is 0.270 e. The Kier molecular flexibility index (Phi) is 8.67. The lowest BCUT2D eigenvalue weighted by Gasteiger charge is -2.19. The van der Waals surface area contributed by atoms with E-state index < -0.39 is 23.7 Å². The molecule has 0 aliphatic heterocycles. The van der Waals surface area contributed by atoms with Gasteiger partial charge in [0.25, 0.3) is 17.4 Å². The van der Waals surface area contributed by atoms with E-state index in [1.807, 2.05) is 12.1 Å². The van der Waals surface area contributed by atoms with Crippen LogP contribution in [0.15, 0.2) is 71.7 Å². The van der Waals surface area contributed by atoms with Crippen molar-refractivity contribution in [3.63, 3.8) is 0 Å². The third kappa shape index (κ3) is 6.77. The van der Waals surface area contributed by atoms with Crippen LogP contribution in [0.2, 0.25) is 0 Å². The predicted molar refractivity (Wildman–Crippen MR) is 159 cm³/mol. The Morgan fingerprint density at radius 2 is 1.74 bits per heavy atom. The summed E-state index contributed by atoms with van der Waals surface area (Å²) < 4.78 is 15.9. The first-order valence-corrected chi connectivity index (χ1v) is 13.4. The average Bonchev–Trinajstić information content (AvgIpc) is 2.95. The van der Waals surface area contributed by atoms with Crippen molar-refractivity contribution >= 4 is 17.5 Å². The minimum absolute atomic E-state index is 0.0160. The average molecular weight is 572 g/mol. The van der Waals surface area contributed by atoms with Gasteiger partial charge in [0.15, 0.2) is 6.10 Å². The highest BCUT2D eigenvalue weighted by Crippen LogP contribution is 2.26. The van der Waals surface area contributed by atoms with Gasteiger partial charge >= 0.3 is 0 Å². The van der Waals surface area contributed by atoms with E-state index in [0.29, 0.717) is 33.6 Å². The van der Waals surface area contributed by atoms with E-state index in [1.165, 1.54) is 41.0 Å². The van der Waals surface area contributed by atoms with E-state index in [9.17, 15) is 23.9 Å². The van der Waals surface area contributed by atoms with Gasteiger partial charge in [0, 0.05) is 61.7 Å². The fourth-order valence-corrected chi connectivity index (χ4v) is 4.32. The second-order valence-electron chi connectivity index (χ2n) is 11.4. The van der Waals surface area contributed by atoms with Crippen LogP contribution in [-0.4, -0.2) is 50.7 Å². The maximum Gasteiger partial charge on any atom is 0.270 e. The Morgan fingerprint density at radius 1 is 1.05 bits per heavy atom. The number of aliphatic hydroxyl groups is 1. The number of hydrogen-bond acceptors (Lipinski definition) is 6. The fraction of sp³-hybridized carbons (Fsp3) is 0.281. The van der Waals surface area contributed by atoms with Crippen LogP contribution < -0.4 is 10.9 Å². The summed E-state index contributed by atoms with van der Waals surface area (Å²) in [6, 6.07) is 16.2. The molecule has 4 aromatic rings. The van der Waals surface area contributed by atoms with Gasteiger partial charge in [-0.3, -0.25) is 19.4 Å².